The third kappa shape index (κ3) is 9.93. The Labute approximate surface area is 154 Å². The largest absolute Gasteiger partial charge is 0.391 e. The summed E-state index contributed by atoms with van der Waals surface area (Å²) in [6.07, 6.45) is 4.46. The van der Waals surface area contributed by atoms with E-state index in [4.69, 9.17) is 4.74 Å². The predicted molar refractivity (Wildman–Crippen MR) is 103 cm³/mol. The second-order valence-corrected chi connectivity index (χ2v) is 7.69. The number of methoxy groups -OCH3 is 1. The number of rotatable bonds is 13. The van der Waals surface area contributed by atoms with E-state index < -0.39 is 12.2 Å². The Morgan fingerprint density at radius 3 is 2.20 bits per heavy atom. The first kappa shape index (κ1) is 24.0. The highest BCUT2D eigenvalue weighted by Crippen LogP contribution is 2.23. The van der Waals surface area contributed by atoms with Crippen LogP contribution in [0.1, 0.15) is 60.3 Å². The van der Waals surface area contributed by atoms with Gasteiger partial charge in [-0.15, -0.1) is 6.58 Å². The number of ketones is 1. The van der Waals surface area contributed by atoms with Gasteiger partial charge in [-0.25, -0.2) is 0 Å². The molecule has 0 aromatic rings. The lowest BCUT2D eigenvalue weighted by Crippen LogP contribution is -2.28. The second kappa shape index (κ2) is 12.4. The van der Waals surface area contributed by atoms with Crippen molar-refractivity contribution >= 4 is 5.78 Å². The molecule has 0 aromatic heterocycles. The highest BCUT2D eigenvalue weighted by molar-refractivity contribution is 5.83. The summed E-state index contributed by atoms with van der Waals surface area (Å²) in [5.41, 5.74) is 1.16. The van der Waals surface area contributed by atoms with Crippen LogP contribution in [-0.4, -0.2) is 41.4 Å². The number of hydrogen-bond donors (Lipinski definition) is 2. The summed E-state index contributed by atoms with van der Waals surface area (Å²) in [5, 5.41) is 19.1. The molecule has 5 unspecified atom stereocenters. The van der Waals surface area contributed by atoms with Crippen molar-refractivity contribution in [3.63, 3.8) is 0 Å². The fourth-order valence-corrected chi connectivity index (χ4v) is 3.08. The van der Waals surface area contributed by atoms with Crippen LogP contribution in [0.3, 0.4) is 0 Å². The Kier molecular flexibility index (Phi) is 11.9. The lowest BCUT2D eigenvalue weighted by Gasteiger charge is -2.23. The molecule has 4 nitrogen and oxygen atoms in total. The van der Waals surface area contributed by atoms with Crippen molar-refractivity contribution in [2.45, 2.75) is 78.6 Å². The minimum absolute atomic E-state index is 0.0331. The summed E-state index contributed by atoms with van der Waals surface area (Å²) in [6, 6.07) is 0. The quantitative estimate of drug-likeness (QED) is 0.492. The number of carbonyl (C=O) groups excluding carboxylic acids is 1. The van der Waals surface area contributed by atoms with Gasteiger partial charge in [-0.05, 0) is 44.9 Å². The molecule has 0 bridgehead atoms. The van der Waals surface area contributed by atoms with Gasteiger partial charge in [0.25, 0.3) is 0 Å². The average molecular weight is 355 g/mol. The van der Waals surface area contributed by atoms with Gasteiger partial charge in [0.2, 0.25) is 0 Å². The first-order valence-electron chi connectivity index (χ1n) is 9.32. The van der Waals surface area contributed by atoms with E-state index in [-0.39, 0.29) is 24.2 Å². The van der Waals surface area contributed by atoms with Gasteiger partial charge in [-0.1, -0.05) is 38.5 Å². The summed E-state index contributed by atoms with van der Waals surface area (Å²) in [7, 11) is 1.76. The molecule has 0 aliphatic rings. The van der Waals surface area contributed by atoms with Gasteiger partial charge in [0.15, 0.2) is 0 Å². The molecule has 0 amide bonds. The summed E-state index contributed by atoms with van der Waals surface area (Å²) in [5.74, 6) is 0.596. The van der Waals surface area contributed by atoms with Crippen LogP contribution < -0.4 is 0 Å². The van der Waals surface area contributed by atoms with E-state index in [0.29, 0.717) is 18.3 Å². The minimum Gasteiger partial charge on any atom is -0.391 e. The van der Waals surface area contributed by atoms with Crippen molar-refractivity contribution < 1.29 is 19.7 Å². The molecule has 0 aliphatic heterocycles. The maximum atomic E-state index is 12.4. The molecule has 2 N–H and O–H groups in total. The Morgan fingerprint density at radius 1 is 1.16 bits per heavy atom. The first-order valence-corrected chi connectivity index (χ1v) is 9.32. The Balaban J connectivity index is 4.84. The summed E-state index contributed by atoms with van der Waals surface area (Å²) in [4.78, 5) is 12.4. The van der Waals surface area contributed by atoms with Crippen LogP contribution in [0.25, 0.3) is 0 Å². The molecule has 0 rings (SSSR count). The number of carbonyl (C=O) groups is 1. The molecule has 146 valence electrons. The van der Waals surface area contributed by atoms with Crippen LogP contribution in [0, 0.1) is 17.8 Å². The fraction of sp³-hybridized carbons (Fsp3) is 0.762. The molecule has 0 radical (unpaired) electrons. The second-order valence-electron chi connectivity index (χ2n) is 7.69. The zero-order valence-electron chi connectivity index (χ0n) is 16.9. The molecule has 0 heterocycles. The van der Waals surface area contributed by atoms with Gasteiger partial charge in [0.1, 0.15) is 5.78 Å². The Morgan fingerprint density at radius 2 is 1.76 bits per heavy atom. The van der Waals surface area contributed by atoms with Gasteiger partial charge in [-0.2, -0.15) is 0 Å². The van der Waals surface area contributed by atoms with E-state index in [2.05, 4.69) is 27.4 Å². The molecular formula is C21H38O4. The molecule has 0 spiro atoms. The number of aliphatic hydroxyl groups excluding tert-OH is 2. The number of Topliss-reactive ketones (excluding diaryl/α,β-unsaturated/α-hetero) is 1. The summed E-state index contributed by atoms with van der Waals surface area (Å²) < 4.78 is 5.55. The van der Waals surface area contributed by atoms with E-state index in [1.54, 1.807) is 13.2 Å². The maximum absolute atomic E-state index is 12.4. The standard InChI is InChI=1S/C21H38O4/c1-8-9-18(20(24)13-19(23)17(6)22)11-15(4)10-16(5)12-21(25-7)14(2)3/h8,11,14,16-19,21-23H,1,9-10,12-13H2,2-7H3/b15-11+. The van der Waals surface area contributed by atoms with Crippen molar-refractivity contribution in [2.24, 2.45) is 17.8 Å². The zero-order chi connectivity index (χ0) is 19.6. The maximum Gasteiger partial charge on any atom is 0.142 e. The lowest BCUT2D eigenvalue weighted by molar-refractivity contribution is -0.125. The smallest absolute Gasteiger partial charge is 0.142 e. The van der Waals surface area contributed by atoms with Gasteiger partial charge >= 0.3 is 0 Å². The molecule has 0 saturated carbocycles. The SMILES string of the molecule is C=CCC(/C=C(\C)CC(C)CC(OC)C(C)C)C(=O)CC(O)C(C)O. The zero-order valence-corrected chi connectivity index (χ0v) is 16.9. The first-order chi connectivity index (χ1) is 11.6. The Hall–Kier alpha value is -0.970. The van der Waals surface area contributed by atoms with Crippen molar-refractivity contribution in [3.8, 4) is 0 Å². The van der Waals surface area contributed by atoms with E-state index in [0.717, 1.165) is 18.4 Å². The van der Waals surface area contributed by atoms with Crippen LogP contribution in [0.15, 0.2) is 24.3 Å². The van der Waals surface area contributed by atoms with Crippen LogP contribution >= 0.6 is 0 Å². The third-order valence-corrected chi connectivity index (χ3v) is 4.64. The highest BCUT2D eigenvalue weighted by atomic mass is 16.5. The van der Waals surface area contributed by atoms with Crippen LogP contribution in [0.4, 0.5) is 0 Å². The van der Waals surface area contributed by atoms with Gasteiger partial charge in [0.05, 0.1) is 18.3 Å². The molecule has 0 aromatic carbocycles. The fourth-order valence-electron chi connectivity index (χ4n) is 3.08. The molecule has 0 saturated heterocycles. The number of ether oxygens (including phenoxy) is 1. The van der Waals surface area contributed by atoms with Gasteiger partial charge in [0, 0.05) is 19.4 Å². The van der Waals surface area contributed by atoms with E-state index in [1.807, 2.05) is 13.0 Å². The average Bonchev–Trinajstić information content (AvgIpc) is 2.51. The topological polar surface area (TPSA) is 66.8 Å². The molecule has 4 heteroatoms. The molecular weight excluding hydrogens is 316 g/mol. The van der Waals surface area contributed by atoms with Crippen molar-refractivity contribution in [1.29, 1.82) is 0 Å². The van der Waals surface area contributed by atoms with Crippen LogP contribution in [0.5, 0.6) is 0 Å². The molecule has 25 heavy (non-hydrogen) atoms. The Bertz CT molecular complexity index is 426. The predicted octanol–water partition coefficient (Wildman–Crippen LogP) is 3.91. The van der Waals surface area contributed by atoms with Crippen molar-refractivity contribution in [2.75, 3.05) is 7.11 Å². The number of aliphatic hydroxyl groups is 2. The monoisotopic (exact) mass is 354 g/mol. The third-order valence-electron chi connectivity index (χ3n) is 4.64. The van der Waals surface area contributed by atoms with Crippen molar-refractivity contribution in [1.82, 2.24) is 0 Å². The molecule has 0 fully saturated rings. The van der Waals surface area contributed by atoms with E-state index in [9.17, 15) is 15.0 Å². The summed E-state index contributed by atoms with van der Waals surface area (Å²) >= 11 is 0. The summed E-state index contributed by atoms with van der Waals surface area (Å²) in [6.45, 7) is 13.8. The molecule has 0 aliphatic carbocycles. The number of allylic oxidation sites excluding steroid dienone is 3. The highest BCUT2D eigenvalue weighted by Gasteiger charge is 2.22. The lowest BCUT2D eigenvalue weighted by atomic mass is 9.88. The molecule has 5 atom stereocenters. The van der Waals surface area contributed by atoms with Crippen molar-refractivity contribution in [3.05, 3.63) is 24.3 Å². The van der Waals surface area contributed by atoms with Gasteiger partial charge < -0.3 is 14.9 Å². The minimum atomic E-state index is -1.01. The van der Waals surface area contributed by atoms with Crippen LogP contribution in [-0.2, 0) is 9.53 Å². The van der Waals surface area contributed by atoms with Gasteiger partial charge in [-0.3, -0.25) is 4.79 Å². The van der Waals surface area contributed by atoms with E-state index in [1.165, 1.54) is 6.92 Å². The van der Waals surface area contributed by atoms with E-state index >= 15 is 0 Å². The normalized spacial score (nSPS) is 18.5. The number of hydrogen-bond acceptors (Lipinski definition) is 4. The van der Waals surface area contributed by atoms with Crippen LogP contribution in [0.2, 0.25) is 0 Å².